The van der Waals surface area contributed by atoms with Crippen LogP contribution in [0.2, 0.25) is 0 Å². The van der Waals surface area contributed by atoms with Gasteiger partial charge in [-0.3, -0.25) is 4.98 Å². The lowest BCUT2D eigenvalue weighted by atomic mass is 10.1. The predicted molar refractivity (Wildman–Crippen MR) is 92.8 cm³/mol. The average Bonchev–Trinajstić information content (AvgIpc) is 3.08. The average molecular weight is 344 g/mol. The van der Waals surface area contributed by atoms with Crippen molar-refractivity contribution < 1.29 is 8.42 Å². The van der Waals surface area contributed by atoms with Gasteiger partial charge in [-0.15, -0.1) is 0 Å². The lowest BCUT2D eigenvalue weighted by molar-refractivity contribution is 0.581. The van der Waals surface area contributed by atoms with Gasteiger partial charge in [0.05, 0.1) is 4.90 Å². The maximum atomic E-state index is 12.3. The van der Waals surface area contributed by atoms with Crippen LogP contribution in [0.4, 0.5) is 0 Å². The molecule has 0 fully saturated rings. The lowest BCUT2D eigenvalue weighted by Crippen LogP contribution is -2.23. The van der Waals surface area contributed by atoms with Gasteiger partial charge in [0, 0.05) is 24.5 Å². The molecule has 0 spiro atoms. The Balaban J connectivity index is 1.77. The highest BCUT2D eigenvalue weighted by molar-refractivity contribution is 7.89. The van der Waals surface area contributed by atoms with Crippen molar-refractivity contribution in [1.29, 1.82) is 0 Å². The van der Waals surface area contributed by atoms with Gasteiger partial charge in [-0.05, 0) is 58.6 Å². The van der Waals surface area contributed by atoms with Gasteiger partial charge in [-0.1, -0.05) is 12.1 Å². The van der Waals surface area contributed by atoms with Crippen molar-refractivity contribution in [2.24, 2.45) is 0 Å². The Morgan fingerprint density at radius 3 is 2.74 bits per heavy atom. The third-order valence-corrected chi connectivity index (χ3v) is 5.50. The minimum absolute atomic E-state index is 0.210. The second kappa shape index (κ2) is 6.62. The van der Waals surface area contributed by atoms with Crippen molar-refractivity contribution in [3.05, 3.63) is 70.7 Å². The molecule has 3 rings (SSSR count). The van der Waals surface area contributed by atoms with E-state index < -0.39 is 10.0 Å². The summed E-state index contributed by atoms with van der Waals surface area (Å²) in [6.07, 6.45) is 3.45. The fourth-order valence-corrected chi connectivity index (χ4v) is 4.00. The molecule has 0 atom stereocenters. The van der Waals surface area contributed by atoms with Crippen LogP contribution in [0.1, 0.15) is 11.1 Å². The first-order valence-electron chi connectivity index (χ1n) is 7.07. The standard InChI is InChI=1S/C17H16N2O2S2/c1-13-3-2-4-17(7-13)23(20,21)19-10-14-8-16(11-18-9-14)15-5-6-22-12-15/h2-9,11-12,19H,10H2,1H3. The van der Waals surface area contributed by atoms with Gasteiger partial charge >= 0.3 is 0 Å². The summed E-state index contributed by atoms with van der Waals surface area (Å²) in [4.78, 5) is 4.48. The number of hydrogen-bond acceptors (Lipinski definition) is 4. The van der Waals surface area contributed by atoms with Gasteiger partial charge in [0.1, 0.15) is 0 Å². The highest BCUT2D eigenvalue weighted by atomic mass is 32.2. The Kier molecular flexibility index (Phi) is 4.56. The van der Waals surface area contributed by atoms with E-state index in [-0.39, 0.29) is 11.4 Å². The maximum absolute atomic E-state index is 12.3. The van der Waals surface area contributed by atoms with E-state index >= 15 is 0 Å². The highest BCUT2D eigenvalue weighted by Crippen LogP contribution is 2.22. The van der Waals surface area contributed by atoms with Crippen LogP contribution >= 0.6 is 11.3 Å². The van der Waals surface area contributed by atoms with Gasteiger partial charge in [0.15, 0.2) is 0 Å². The minimum Gasteiger partial charge on any atom is -0.264 e. The van der Waals surface area contributed by atoms with Crippen molar-refractivity contribution in [3.8, 4) is 11.1 Å². The third kappa shape index (κ3) is 3.85. The zero-order valence-electron chi connectivity index (χ0n) is 12.6. The minimum atomic E-state index is -3.52. The summed E-state index contributed by atoms with van der Waals surface area (Å²) in [5.41, 5.74) is 3.81. The number of benzene rings is 1. The molecule has 0 radical (unpaired) electrons. The van der Waals surface area contributed by atoms with Gasteiger partial charge in [0.25, 0.3) is 0 Å². The number of sulfonamides is 1. The molecule has 4 nitrogen and oxygen atoms in total. The fraction of sp³-hybridized carbons (Fsp3) is 0.118. The number of nitrogens with one attached hydrogen (secondary N) is 1. The molecule has 0 amide bonds. The lowest BCUT2D eigenvalue weighted by Gasteiger charge is -2.08. The molecule has 3 aromatic rings. The van der Waals surface area contributed by atoms with E-state index in [1.54, 1.807) is 41.9 Å². The van der Waals surface area contributed by atoms with Crippen LogP contribution in [0.25, 0.3) is 11.1 Å². The second-order valence-electron chi connectivity index (χ2n) is 5.23. The van der Waals surface area contributed by atoms with E-state index in [2.05, 4.69) is 9.71 Å². The summed E-state index contributed by atoms with van der Waals surface area (Å²) in [5.74, 6) is 0. The van der Waals surface area contributed by atoms with Crippen LogP contribution in [0, 0.1) is 6.92 Å². The summed E-state index contributed by atoms with van der Waals surface area (Å²) in [6, 6.07) is 10.8. The molecule has 0 aliphatic carbocycles. The number of nitrogens with zero attached hydrogens (tertiary/aromatic N) is 1. The Labute approximate surface area is 139 Å². The van der Waals surface area contributed by atoms with Crippen molar-refractivity contribution in [1.82, 2.24) is 9.71 Å². The Morgan fingerprint density at radius 2 is 2.00 bits per heavy atom. The monoisotopic (exact) mass is 344 g/mol. The quantitative estimate of drug-likeness (QED) is 0.769. The van der Waals surface area contributed by atoms with Crippen LogP contribution in [0.15, 0.2) is 64.4 Å². The molecule has 2 aromatic heterocycles. The van der Waals surface area contributed by atoms with Crippen LogP contribution in [0.3, 0.4) is 0 Å². The molecule has 0 bridgehead atoms. The number of hydrogen-bond donors (Lipinski definition) is 1. The van der Waals surface area contributed by atoms with Crippen molar-refractivity contribution in [2.75, 3.05) is 0 Å². The van der Waals surface area contributed by atoms with E-state index in [9.17, 15) is 8.42 Å². The summed E-state index contributed by atoms with van der Waals surface area (Å²) < 4.78 is 27.3. The summed E-state index contributed by atoms with van der Waals surface area (Å²) >= 11 is 1.62. The molecule has 0 unspecified atom stereocenters. The number of thiophene rings is 1. The van der Waals surface area contributed by atoms with Crippen LogP contribution in [-0.4, -0.2) is 13.4 Å². The SMILES string of the molecule is Cc1cccc(S(=O)(=O)NCc2cncc(-c3ccsc3)c2)c1. The topological polar surface area (TPSA) is 59.1 Å². The highest BCUT2D eigenvalue weighted by Gasteiger charge is 2.13. The molecule has 1 aromatic carbocycles. The van der Waals surface area contributed by atoms with Crippen LogP contribution in [-0.2, 0) is 16.6 Å². The molecule has 0 aliphatic rings. The third-order valence-electron chi connectivity index (χ3n) is 3.42. The van der Waals surface area contributed by atoms with Crippen molar-refractivity contribution in [3.63, 3.8) is 0 Å². The number of aromatic nitrogens is 1. The van der Waals surface area contributed by atoms with Gasteiger partial charge in [0.2, 0.25) is 10.0 Å². The van der Waals surface area contributed by atoms with E-state index in [1.807, 2.05) is 35.9 Å². The normalized spacial score (nSPS) is 11.5. The predicted octanol–water partition coefficient (Wildman–Crippen LogP) is 3.60. The van der Waals surface area contributed by atoms with E-state index in [0.717, 1.165) is 22.3 Å². The first-order valence-corrected chi connectivity index (χ1v) is 9.50. The van der Waals surface area contributed by atoms with Crippen LogP contribution < -0.4 is 4.72 Å². The Bertz CT molecular complexity index is 904. The summed E-state index contributed by atoms with van der Waals surface area (Å²) in [5, 5.41) is 4.04. The Hall–Kier alpha value is -2.02. The Morgan fingerprint density at radius 1 is 1.13 bits per heavy atom. The molecule has 1 N–H and O–H groups in total. The van der Waals surface area contributed by atoms with E-state index in [1.165, 1.54) is 0 Å². The molecule has 23 heavy (non-hydrogen) atoms. The van der Waals surface area contributed by atoms with Gasteiger partial charge in [-0.25, -0.2) is 13.1 Å². The second-order valence-corrected chi connectivity index (χ2v) is 7.78. The fourth-order valence-electron chi connectivity index (χ4n) is 2.22. The number of aryl methyl sites for hydroxylation is 1. The van der Waals surface area contributed by atoms with Crippen molar-refractivity contribution in [2.45, 2.75) is 18.4 Å². The summed E-state index contributed by atoms with van der Waals surface area (Å²) in [7, 11) is -3.52. The molecule has 0 saturated heterocycles. The molecular weight excluding hydrogens is 328 g/mol. The maximum Gasteiger partial charge on any atom is 0.240 e. The molecule has 118 valence electrons. The largest absolute Gasteiger partial charge is 0.264 e. The summed E-state index contributed by atoms with van der Waals surface area (Å²) in [6.45, 7) is 2.08. The first-order chi connectivity index (χ1) is 11.0. The number of pyridine rings is 1. The molecule has 2 heterocycles. The zero-order valence-corrected chi connectivity index (χ0v) is 14.2. The molecular formula is C17H16N2O2S2. The van der Waals surface area contributed by atoms with Crippen molar-refractivity contribution >= 4 is 21.4 Å². The van der Waals surface area contributed by atoms with Gasteiger partial charge < -0.3 is 0 Å². The van der Waals surface area contributed by atoms with Gasteiger partial charge in [-0.2, -0.15) is 11.3 Å². The zero-order chi connectivity index (χ0) is 16.3. The first kappa shape index (κ1) is 15.9. The van der Waals surface area contributed by atoms with E-state index in [0.29, 0.717) is 0 Å². The molecule has 0 saturated carbocycles. The number of rotatable bonds is 5. The van der Waals surface area contributed by atoms with E-state index in [4.69, 9.17) is 0 Å². The molecule has 6 heteroatoms. The van der Waals surface area contributed by atoms with Crippen LogP contribution in [0.5, 0.6) is 0 Å². The smallest absolute Gasteiger partial charge is 0.240 e. The molecule has 0 aliphatic heterocycles.